The third kappa shape index (κ3) is 4.56. The van der Waals surface area contributed by atoms with Crippen molar-refractivity contribution in [3.8, 4) is 11.1 Å². The Hall–Kier alpha value is -2.54. The van der Waals surface area contributed by atoms with Crippen molar-refractivity contribution in [3.63, 3.8) is 0 Å². The van der Waals surface area contributed by atoms with E-state index in [-0.39, 0.29) is 18.6 Å². The van der Waals surface area contributed by atoms with Crippen LogP contribution in [0.1, 0.15) is 35.5 Å². The molecular weight excluding hydrogens is 435 g/mol. The number of nitrogens with one attached hydrogen (secondary N) is 1. The predicted octanol–water partition coefficient (Wildman–Crippen LogP) is 4.83. The number of carbonyl (C=O) groups excluding carboxylic acids is 1. The average Bonchev–Trinajstić information content (AvgIpc) is 3.17. The number of aliphatic hydroxyl groups is 1. The molecule has 8 heteroatoms. The lowest BCUT2D eigenvalue weighted by Crippen LogP contribution is -2.39. The maximum absolute atomic E-state index is 13.2. The second kappa shape index (κ2) is 8.91. The summed E-state index contributed by atoms with van der Waals surface area (Å²) in [4.78, 5) is 19.3. The van der Waals surface area contributed by atoms with E-state index in [1.807, 2.05) is 42.8 Å². The van der Waals surface area contributed by atoms with Crippen LogP contribution in [0.2, 0.25) is 10.0 Å². The van der Waals surface area contributed by atoms with Crippen LogP contribution in [-0.2, 0) is 19.7 Å². The number of benzene rings is 1. The van der Waals surface area contributed by atoms with Crippen LogP contribution >= 0.6 is 23.2 Å². The molecule has 0 saturated carbocycles. The first-order valence-electron chi connectivity index (χ1n) is 10.2. The summed E-state index contributed by atoms with van der Waals surface area (Å²) in [7, 11) is 0. The van der Waals surface area contributed by atoms with E-state index in [0.29, 0.717) is 35.4 Å². The van der Waals surface area contributed by atoms with Gasteiger partial charge in [-0.3, -0.25) is 4.79 Å². The highest BCUT2D eigenvalue weighted by atomic mass is 35.5. The van der Waals surface area contributed by atoms with Gasteiger partial charge < -0.3 is 19.9 Å². The van der Waals surface area contributed by atoms with Gasteiger partial charge in [-0.15, -0.1) is 0 Å². The minimum Gasteiger partial charge on any atom is -0.392 e. The zero-order valence-electron chi connectivity index (χ0n) is 17.4. The number of rotatable bonds is 6. The van der Waals surface area contributed by atoms with E-state index < -0.39 is 0 Å². The highest BCUT2D eigenvalue weighted by Crippen LogP contribution is 2.32. The number of pyridine rings is 1. The van der Waals surface area contributed by atoms with Crippen LogP contribution in [0.15, 0.2) is 42.7 Å². The number of nitrogens with zero attached hydrogens (tertiary/aromatic N) is 3. The van der Waals surface area contributed by atoms with Crippen LogP contribution < -0.4 is 5.32 Å². The molecule has 162 valence electrons. The summed E-state index contributed by atoms with van der Waals surface area (Å²) in [6, 6.07) is 9.41. The molecule has 0 atom stereocenters. The minimum atomic E-state index is -0.119. The molecule has 0 aliphatic carbocycles. The van der Waals surface area contributed by atoms with Gasteiger partial charge in [0.05, 0.1) is 11.6 Å². The number of carbonyl (C=O) groups is 1. The van der Waals surface area contributed by atoms with Gasteiger partial charge in [0.15, 0.2) is 0 Å². The Morgan fingerprint density at radius 1 is 1.16 bits per heavy atom. The van der Waals surface area contributed by atoms with Gasteiger partial charge in [-0.25, -0.2) is 4.98 Å². The predicted molar refractivity (Wildman–Crippen MR) is 124 cm³/mol. The summed E-state index contributed by atoms with van der Waals surface area (Å²) in [6.07, 6.45) is 3.59. The lowest BCUT2D eigenvalue weighted by molar-refractivity contribution is 0.0689. The van der Waals surface area contributed by atoms with Crippen molar-refractivity contribution in [3.05, 3.63) is 69.6 Å². The van der Waals surface area contributed by atoms with E-state index >= 15 is 0 Å². The number of aliphatic hydroxyl groups excluding tert-OH is 1. The third-order valence-corrected chi connectivity index (χ3v) is 5.85. The zero-order chi connectivity index (χ0) is 22.1. The molecule has 0 radical (unpaired) electrons. The summed E-state index contributed by atoms with van der Waals surface area (Å²) < 4.78 is 1.97. The molecule has 0 spiro atoms. The molecule has 2 aromatic heterocycles. The zero-order valence-corrected chi connectivity index (χ0v) is 18.9. The molecular formula is C23H24Cl2N4O2. The molecule has 1 amide bonds. The Labute approximate surface area is 191 Å². The first-order valence-corrected chi connectivity index (χ1v) is 10.9. The van der Waals surface area contributed by atoms with Crippen LogP contribution in [0.4, 0.5) is 5.82 Å². The number of fused-ring (bicyclic) bond motifs is 1. The second-order valence-electron chi connectivity index (χ2n) is 7.95. The highest BCUT2D eigenvalue weighted by molar-refractivity contribution is 6.33. The highest BCUT2D eigenvalue weighted by Gasteiger charge is 2.26. The Balaban J connectivity index is 1.60. The molecule has 1 aliphatic heterocycles. The Kier molecular flexibility index (Phi) is 6.23. The van der Waals surface area contributed by atoms with Gasteiger partial charge in [-0.05, 0) is 49.2 Å². The first kappa shape index (κ1) is 21.7. The van der Waals surface area contributed by atoms with Gasteiger partial charge in [0.25, 0.3) is 5.91 Å². The summed E-state index contributed by atoms with van der Waals surface area (Å²) in [5.41, 5.74) is 3.96. The SMILES string of the molecule is CC(C)Nc1cc(-c2cc3n(c2)CCN(Cc2ccc(Cl)cc2CO)C3=O)c(Cl)cn1. The quantitative estimate of drug-likeness (QED) is 0.554. The van der Waals surface area contributed by atoms with Crippen molar-refractivity contribution in [2.75, 3.05) is 11.9 Å². The number of amides is 1. The largest absolute Gasteiger partial charge is 0.392 e. The van der Waals surface area contributed by atoms with Crippen LogP contribution in [0.25, 0.3) is 11.1 Å². The topological polar surface area (TPSA) is 70.4 Å². The molecule has 1 aromatic carbocycles. The molecule has 31 heavy (non-hydrogen) atoms. The fourth-order valence-corrected chi connectivity index (χ4v) is 4.21. The van der Waals surface area contributed by atoms with E-state index in [0.717, 1.165) is 28.1 Å². The number of hydrogen-bond donors (Lipinski definition) is 2. The van der Waals surface area contributed by atoms with Gasteiger partial charge in [-0.1, -0.05) is 29.3 Å². The van der Waals surface area contributed by atoms with Gasteiger partial charge in [0.2, 0.25) is 0 Å². The second-order valence-corrected chi connectivity index (χ2v) is 8.80. The monoisotopic (exact) mass is 458 g/mol. The van der Waals surface area contributed by atoms with E-state index in [9.17, 15) is 9.90 Å². The van der Waals surface area contributed by atoms with Crippen molar-refractivity contribution >= 4 is 34.9 Å². The third-order valence-electron chi connectivity index (χ3n) is 5.32. The Bertz CT molecular complexity index is 1130. The van der Waals surface area contributed by atoms with E-state index in [4.69, 9.17) is 23.2 Å². The fourth-order valence-electron chi connectivity index (χ4n) is 3.80. The normalized spacial score (nSPS) is 13.6. The van der Waals surface area contributed by atoms with Crippen molar-refractivity contribution in [2.45, 2.75) is 39.6 Å². The summed E-state index contributed by atoms with van der Waals surface area (Å²) >= 11 is 12.5. The van der Waals surface area contributed by atoms with Crippen LogP contribution in [0.5, 0.6) is 0 Å². The molecule has 4 rings (SSSR count). The maximum atomic E-state index is 13.2. The van der Waals surface area contributed by atoms with Crippen LogP contribution in [0.3, 0.4) is 0 Å². The molecule has 0 saturated heterocycles. The molecule has 0 fully saturated rings. The van der Waals surface area contributed by atoms with Crippen molar-refractivity contribution < 1.29 is 9.90 Å². The standard InChI is InChI=1S/C23H24Cl2N4O2/c1-14(2)27-22-9-19(20(25)10-26-22)16-8-21-23(31)29(6-5-28(21)12-16)11-15-3-4-18(24)7-17(15)13-30/h3-4,7-10,12,14,30H,5-6,11,13H2,1-2H3,(H,26,27). The Morgan fingerprint density at radius 3 is 2.71 bits per heavy atom. The van der Waals surface area contributed by atoms with Crippen LogP contribution in [-0.4, -0.2) is 38.1 Å². The number of hydrogen-bond acceptors (Lipinski definition) is 4. The number of anilines is 1. The summed E-state index contributed by atoms with van der Waals surface area (Å²) in [5.74, 6) is 0.688. The minimum absolute atomic E-state index is 0.0537. The maximum Gasteiger partial charge on any atom is 0.270 e. The van der Waals surface area contributed by atoms with Crippen molar-refractivity contribution in [2.24, 2.45) is 0 Å². The molecule has 0 unspecified atom stereocenters. The van der Waals surface area contributed by atoms with Gasteiger partial charge in [0, 0.05) is 54.2 Å². The fraction of sp³-hybridized carbons (Fsp3) is 0.304. The Morgan fingerprint density at radius 2 is 1.97 bits per heavy atom. The van der Waals surface area contributed by atoms with Crippen molar-refractivity contribution in [1.82, 2.24) is 14.5 Å². The molecule has 6 nitrogen and oxygen atoms in total. The van der Waals surface area contributed by atoms with E-state index in [1.165, 1.54) is 0 Å². The number of halogens is 2. The molecule has 0 bridgehead atoms. The van der Waals surface area contributed by atoms with E-state index in [2.05, 4.69) is 10.3 Å². The summed E-state index contributed by atoms with van der Waals surface area (Å²) in [6.45, 7) is 5.66. The summed E-state index contributed by atoms with van der Waals surface area (Å²) in [5, 5.41) is 14.0. The molecule has 2 N–H and O–H groups in total. The number of aromatic nitrogens is 2. The smallest absolute Gasteiger partial charge is 0.270 e. The van der Waals surface area contributed by atoms with E-state index in [1.54, 1.807) is 23.2 Å². The van der Waals surface area contributed by atoms with Gasteiger partial charge in [0.1, 0.15) is 11.5 Å². The molecule has 1 aliphatic rings. The first-order chi connectivity index (χ1) is 14.9. The van der Waals surface area contributed by atoms with Crippen LogP contribution in [0, 0.1) is 0 Å². The van der Waals surface area contributed by atoms with Gasteiger partial charge >= 0.3 is 0 Å². The van der Waals surface area contributed by atoms with Gasteiger partial charge in [-0.2, -0.15) is 0 Å². The lowest BCUT2D eigenvalue weighted by Gasteiger charge is -2.29. The lowest BCUT2D eigenvalue weighted by atomic mass is 10.1. The molecule has 3 aromatic rings. The van der Waals surface area contributed by atoms with Crippen molar-refractivity contribution in [1.29, 1.82) is 0 Å². The molecule has 3 heterocycles. The average molecular weight is 459 g/mol.